The number of unbranched alkanes of at least 4 members (excludes halogenated alkanes) is 1. The average molecular weight is 186 g/mol. The Morgan fingerprint density at radius 3 is 2.36 bits per heavy atom. The van der Waals surface area contributed by atoms with Crippen LogP contribution < -0.4 is 0 Å². The van der Waals surface area contributed by atoms with Crippen molar-refractivity contribution in [2.45, 2.75) is 39.5 Å². The predicted octanol–water partition coefficient (Wildman–Crippen LogP) is 2.13. The van der Waals surface area contributed by atoms with Crippen molar-refractivity contribution in [2.24, 2.45) is 5.92 Å². The van der Waals surface area contributed by atoms with Crippen LogP contribution in [-0.4, -0.2) is 48.8 Å². The molecule has 0 saturated carbocycles. The number of hydrogen-bond acceptors (Lipinski definition) is 1. The van der Waals surface area contributed by atoms with Gasteiger partial charge < -0.3 is 7.96 Å². The Bertz CT molecular complexity index is 112. The minimum Gasteiger partial charge on any atom is -1.00 e. The summed E-state index contributed by atoms with van der Waals surface area (Å²) in [7, 11) is 0. The van der Waals surface area contributed by atoms with Crippen LogP contribution in [0.1, 0.15) is 42.4 Å². The van der Waals surface area contributed by atoms with Gasteiger partial charge in [-0.2, -0.15) is 0 Å². The van der Waals surface area contributed by atoms with Crippen molar-refractivity contribution in [3.05, 3.63) is 0 Å². The van der Waals surface area contributed by atoms with E-state index in [9.17, 15) is 4.79 Å². The molecule has 0 saturated heterocycles. The third-order valence-corrected chi connectivity index (χ3v) is 1.75. The molecule has 1 unspecified atom stereocenters. The molecule has 0 amide bonds. The van der Waals surface area contributed by atoms with Crippen molar-refractivity contribution in [3.8, 4) is 0 Å². The summed E-state index contributed by atoms with van der Waals surface area (Å²) >= 11 is 0. The van der Waals surface area contributed by atoms with E-state index in [1.165, 1.54) is 0 Å². The molecular formula is C8H18CaO2. The van der Waals surface area contributed by atoms with Gasteiger partial charge in [0.2, 0.25) is 0 Å². The molecule has 3 heteroatoms. The summed E-state index contributed by atoms with van der Waals surface area (Å²) in [6, 6.07) is 0. The van der Waals surface area contributed by atoms with Crippen LogP contribution >= 0.6 is 0 Å². The second kappa shape index (κ2) is 8.82. The van der Waals surface area contributed by atoms with E-state index < -0.39 is 5.97 Å². The van der Waals surface area contributed by atoms with Gasteiger partial charge in [0.25, 0.3) is 0 Å². The molecule has 0 aliphatic rings. The van der Waals surface area contributed by atoms with Crippen LogP contribution in [0.25, 0.3) is 0 Å². The Balaban J connectivity index is -0.000000135. The fourth-order valence-corrected chi connectivity index (χ4v) is 0.953. The minimum absolute atomic E-state index is 0. The van der Waals surface area contributed by atoms with E-state index in [1.807, 2.05) is 6.92 Å². The van der Waals surface area contributed by atoms with E-state index in [0.717, 1.165) is 25.7 Å². The number of aliphatic carboxylic acids is 1. The van der Waals surface area contributed by atoms with Crippen LogP contribution in [0, 0.1) is 5.92 Å². The maximum atomic E-state index is 10.4. The molecule has 1 atom stereocenters. The standard InChI is InChI=1S/C8H16O2.Ca.2H/c1-3-5-6-7(4-2)8(9)10;;;/h7H,3-6H2,1-2H3,(H,9,10);;;/q;+2;2*-1. The first-order chi connectivity index (χ1) is 4.72. The first-order valence-electron chi connectivity index (χ1n) is 3.95. The zero-order chi connectivity index (χ0) is 7.98. The van der Waals surface area contributed by atoms with Gasteiger partial charge in [0, 0.05) is 0 Å². The summed E-state index contributed by atoms with van der Waals surface area (Å²) in [4.78, 5) is 10.4. The first kappa shape index (κ1) is 14.3. The zero-order valence-electron chi connectivity index (χ0n) is 9.47. The van der Waals surface area contributed by atoms with E-state index in [4.69, 9.17) is 5.11 Å². The monoisotopic (exact) mass is 186 g/mol. The molecule has 64 valence electrons. The average Bonchev–Trinajstić information content (AvgIpc) is 1.89. The molecule has 1 N–H and O–H groups in total. The van der Waals surface area contributed by atoms with Crippen LogP contribution in [0.5, 0.6) is 0 Å². The molecule has 0 aliphatic heterocycles. The summed E-state index contributed by atoms with van der Waals surface area (Å²) < 4.78 is 0. The summed E-state index contributed by atoms with van der Waals surface area (Å²) in [6.07, 6.45) is 3.71. The molecule has 11 heavy (non-hydrogen) atoms. The topological polar surface area (TPSA) is 37.3 Å². The van der Waals surface area contributed by atoms with Crippen molar-refractivity contribution in [1.82, 2.24) is 0 Å². The van der Waals surface area contributed by atoms with Crippen molar-refractivity contribution in [3.63, 3.8) is 0 Å². The third kappa shape index (κ3) is 7.10. The van der Waals surface area contributed by atoms with E-state index in [1.54, 1.807) is 0 Å². The van der Waals surface area contributed by atoms with Crippen LogP contribution in [-0.2, 0) is 4.79 Å². The minimum atomic E-state index is -0.643. The Morgan fingerprint density at radius 1 is 1.55 bits per heavy atom. The molecule has 0 bridgehead atoms. The number of hydrogen-bond donors (Lipinski definition) is 1. The van der Waals surface area contributed by atoms with Crippen LogP contribution in [0.15, 0.2) is 0 Å². The van der Waals surface area contributed by atoms with Crippen LogP contribution in [0.3, 0.4) is 0 Å². The molecule has 0 aromatic rings. The first-order valence-corrected chi connectivity index (χ1v) is 3.95. The molecule has 0 radical (unpaired) electrons. The quantitative estimate of drug-likeness (QED) is 0.668. The summed E-state index contributed by atoms with van der Waals surface area (Å²) in [5.41, 5.74) is 0. The maximum Gasteiger partial charge on any atom is 2.00 e. The molecule has 0 rings (SSSR count). The van der Waals surface area contributed by atoms with Gasteiger partial charge in [-0.15, -0.1) is 0 Å². The molecule has 2 nitrogen and oxygen atoms in total. The van der Waals surface area contributed by atoms with Gasteiger partial charge in [0.15, 0.2) is 0 Å². The number of rotatable bonds is 5. The van der Waals surface area contributed by atoms with Crippen molar-refractivity contribution in [2.75, 3.05) is 0 Å². The van der Waals surface area contributed by atoms with Gasteiger partial charge in [-0.25, -0.2) is 0 Å². The number of carboxylic acid groups (broad SMARTS) is 1. The Labute approximate surface area is 101 Å². The smallest absolute Gasteiger partial charge is 1.00 e. The Kier molecular flexibility index (Phi) is 11.4. The van der Waals surface area contributed by atoms with Crippen molar-refractivity contribution < 1.29 is 12.8 Å². The summed E-state index contributed by atoms with van der Waals surface area (Å²) in [5.74, 6) is -0.754. The van der Waals surface area contributed by atoms with Gasteiger partial charge in [-0.1, -0.05) is 26.7 Å². The summed E-state index contributed by atoms with van der Waals surface area (Å²) in [5, 5.41) is 8.60. The molecule has 0 aromatic carbocycles. The van der Waals surface area contributed by atoms with Gasteiger partial charge >= 0.3 is 43.7 Å². The normalized spacial score (nSPS) is 11.8. The second-order valence-corrected chi connectivity index (χ2v) is 2.59. The number of carbonyl (C=O) groups is 1. The van der Waals surface area contributed by atoms with E-state index >= 15 is 0 Å². The molecule has 0 aliphatic carbocycles. The van der Waals surface area contributed by atoms with E-state index in [2.05, 4.69) is 6.92 Å². The molecule has 0 heterocycles. The fraction of sp³-hybridized carbons (Fsp3) is 0.875. The Hall–Kier alpha value is 0.730. The largest absolute Gasteiger partial charge is 2.00 e. The SMILES string of the molecule is CCCCC(CC)C(=O)O.[Ca+2].[H-].[H-]. The summed E-state index contributed by atoms with van der Waals surface area (Å²) in [6.45, 7) is 4.00. The van der Waals surface area contributed by atoms with Crippen LogP contribution in [0.2, 0.25) is 0 Å². The van der Waals surface area contributed by atoms with E-state index in [-0.39, 0.29) is 46.5 Å². The third-order valence-electron chi connectivity index (χ3n) is 1.75. The van der Waals surface area contributed by atoms with Crippen LogP contribution in [0.4, 0.5) is 0 Å². The Morgan fingerprint density at radius 2 is 2.09 bits per heavy atom. The van der Waals surface area contributed by atoms with Gasteiger partial charge in [-0.3, -0.25) is 4.79 Å². The van der Waals surface area contributed by atoms with Crippen molar-refractivity contribution >= 4 is 43.7 Å². The maximum absolute atomic E-state index is 10.4. The van der Waals surface area contributed by atoms with E-state index in [0.29, 0.717) is 0 Å². The predicted molar refractivity (Wildman–Crippen MR) is 48.9 cm³/mol. The molecular weight excluding hydrogens is 168 g/mol. The van der Waals surface area contributed by atoms with Gasteiger partial charge in [0.05, 0.1) is 5.92 Å². The molecule has 0 aromatic heterocycles. The number of carboxylic acids is 1. The fourth-order valence-electron chi connectivity index (χ4n) is 0.953. The zero-order valence-corrected chi connectivity index (χ0v) is 9.68. The van der Waals surface area contributed by atoms with Crippen molar-refractivity contribution in [1.29, 1.82) is 0 Å². The molecule has 0 fully saturated rings. The van der Waals surface area contributed by atoms with Gasteiger partial charge in [0.1, 0.15) is 0 Å². The second-order valence-electron chi connectivity index (χ2n) is 2.59. The molecule has 0 spiro atoms. The van der Waals surface area contributed by atoms with Gasteiger partial charge in [-0.05, 0) is 12.8 Å².